The minimum Gasteiger partial charge on any atom is -0.478 e. The van der Waals surface area contributed by atoms with Gasteiger partial charge in [0.05, 0.1) is 5.56 Å². The van der Waals surface area contributed by atoms with Crippen molar-refractivity contribution in [1.82, 2.24) is 10.2 Å². The average Bonchev–Trinajstić information content (AvgIpc) is 3.04. The lowest BCUT2D eigenvalue weighted by Crippen LogP contribution is -2.07. The average molecular weight is 324 g/mol. The van der Waals surface area contributed by atoms with E-state index in [1.165, 1.54) is 12.1 Å². The number of rotatable bonds is 5. The fourth-order valence-corrected chi connectivity index (χ4v) is 2.11. The van der Waals surface area contributed by atoms with Crippen LogP contribution in [0.5, 0.6) is 0 Å². The summed E-state index contributed by atoms with van der Waals surface area (Å²) < 4.78 is 5.59. The quantitative estimate of drug-likeness (QED) is 0.744. The lowest BCUT2D eigenvalue weighted by atomic mass is 10.2. The molecule has 24 heavy (non-hydrogen) atoms. The largest absolute Gasteiger partial charge is 0.478 e. The Bertz CT molecular complexity index is 839. The molecule has 3 rings (SSSR count). The predicted molar refractivity (Wildman–Crippen MR) is 90.7 cm³/mol. The highest BCUT2D eigenvalue weighted by Gasteiger charge is 2.09. The molecule has 1 aromatic heterocycles. The molecule has 2 aromatic carbocycles. The molecule has 0 saturated carbocycles. The van der Waals surface area contributed by atoms with E-state index in [-0.39, 0.29) is 11.6 Å². The molecule has 3 aromatic rings. The normalized spacial score (nSPS) is 10.4. The fraction of sp³-hybridized carbons (Fsp3) is 0.118. The van der Waals surface area contributed by atoms with Gasteiger partial charge in [-0.3, -0.25) is 0 Å². The summed E-state index contributed by atoms with van der Waals surface area (Å²) in [6.45, 7) is 0. The number of nitrogens with one attached hydrogen (secondary N) is 1. The second-order valence-corrected chi connectivity index (χ2v) is 5.36. The third-order valence-corrected chi connectivity index (χ3v) is 3.44. The number of benzene rings is 2. The number of hydrogen-bond acceptors (Lipinski definition) is 6. The summed E-state index contributed by atoms with van der Waals surface area (Å²) in [5.41, 5.74) is 2.78. The maximum absolute atomic E-state index is 10.8. The second-order valence-electron chi connectivity index (χ2n) is 5.36. The number of carbonyl (C=O) groups is 1. The first-order valence-corrected chi connectivity index (χ1v) is 7.24. The predicted octanol–water partition coefficient (Wildman–Crippen LogP) is 3.24. The maximum Gasteiger partial charge on any atom is 0.335 e. The molecule has 7 nitrogen and oxygen atoms in total. The first-order valence-electron chi connectivity index (χ1n) is 7.24. The van der Waals surface area contributed by atoms with Gasteiger partial charge in [0, 0.05) is 31.0 Å². The maximum atomic E-state index is 10.8. The molecule has 0 aliphatic heterocycles. The summed E-state index contributed by atoms with van der Waals surface area (Å²) >= 11 is 0. The van der Waals surface area contributed by atoms with Crippen molar-refractivity contribution in [2.75, 3.05) is 24.3 Å². The van der Waals surface area contributed by atoms with E-state index in [1.807, 2.05) is 43.3 Å². The van der Waals surface area contributed by atoms with Gasteiger partial charge in [0.25, 0.3) is 0 Å². The highest BCUT2D eigenvalue weighted by Crippen LogP contribution is 2.24. The van der Waals surface area contributed by atoms with Gasteiger partial charge in [0.15, 0.2) is 0 Å². The molecule has 0 unspecified atom stereocenters. The molecule has 0 bridgehead atoms. The molecule has 0 aliphatic carbocycles. The number of carboxylic acids is 1. The Morgan fingerprint density at radius 3 is 2.29 bits per heavy atom. The van der Waals surface area contributed by atoms with Crippen LogP contribution in [0.1, 0.15) is 10.4 Å². The summed E-state index contributed by atoms with van der Waals surface area (Å²) in [4.78, 5) is 12.8. The molecular formula is C17H16N4O3. The molecule has 122 valence electrons. The topological polar surface area (TPSA) is 91.5 Å². The van der Waals surface area contributed by atoms with Gasteiger partial charge in [-0.1, -0.05) is 5.10 Å². The minimum absolute atomic E-state index is 0.216. The van der Waals surface area contributed by atoms with E-state index >= 15 is 0 Å². The van der Waals surface area contributed by atoms with Crippen molar-refractivity contribution >= 4 is 23.4 Å². The summed E-state index contributed by atoms with van der Waals surface area (Å²) in [6, 6.07) is 14.3. The number of aromatic carboxylic acids is 1. The van der Waals surface area contributed by atoms with Crippen LogP contribution < -0.4 is 10.2 Å². The zero-order valence-electron chi connectivity index (χ0n) is 13.2. The molecule has 0 amide bonds. The van der Waals surface area contributed by atoms with Gasteiger partial charge in [-0.15, -0.1) is 5.10 Å². The van der Waals surface area contributed by atoms with E-state index in [2.05, 4.69) is 15.5 Å². The minimum atomic E-state index is -0.970. The van der Waals surface area contributed by atoms with E-state index < -0.39 is 5.97 Å². The third-order valence-electron chi connectivity index (χ3n) is 3.44. The van der Waals surface area contributed by atoms with Gasteiger partial charge < -0.3 is 19.7 Å². The molecule has 0 spiro atoms. The summed E-state index contributed by atoms with van der Waals surface area (Å²) in [6.07, 6.45) is 0. The van der Waals surface area contributed by atoms with Crippen molar-refractivity contribution in [3.63, 3.8) is 0 Å². The van der Waals surface area contributed by atoms with Gasteiger partial charge in [-0.2, -0.15) is 0 Å². The molecule has 0 aliphatic rings. The Kier molecular flexibility index (Phi) is 4.15. The van der Waals surface area contributed by atoms with Gasteiger partial charge >= 0.3 is 12.0 Å². The van der Waals surface area contributed by atoms with Crippen LogP contribution in [0.15, 0.2) is 52.9 Å². The van der Waals surface area contributed by atoms with E-state index in [4.69, 9.17) is 9.52 Å². The number of hydrogen-bond donors (Lipinski definition) is 2. The van der Waals surface area contributed by atoms with Crippen molar-refractivity contribution in [1.29, 1.82) is 0 Å². The second kappa shape index (κ2) is 6.41. The smallest absolute Gasteiger partial charge is 0.335 e. The summed E-state index contributed by atoms with van der Waals surface area (Å²) in [5, 5.41) is 19.8. The van der Waals surface area contributed by atoms with Crippen LogP contribution in [-0.4, -0.2) is 35.4 Å². The van der Waals surface area contributed by atoms with Crippen molar-refractivity contribution in [3.8, 4) is 11.5 Å². The first kappa shape index (κ1) is 15.5. The molecule has 0 atom stereocenters. The summed E-state index contributed by atoms with van der Waals surface area (Å²) in [5.74, 6) is -0.562. The van der Waals surface area contributed by atoms with E-state index in [0.29, 0.717) is 11.6 Å². The van der Waals surface area contributed by atoms with E-state index in [9.17, 15) is 4.79 Å². The lowest BCUT2D eigenvalue weighted by molar-refractivity contribution is 0.0697. The van der Waals surface area contributed by atoms with Crippen LogP contribution in [0.2, 0.25) is 0 Å². The van der Waals surface area contributed by atoms with Crippen molar-refractivity contribution < 1.29 is 14.3 Å². The Morgan fingerprint density at radius 2 is 1.71 bits per heavy atom. The van der Waals surface area contributed by atoms with Crippen LogP contribution >= 0.6 is 0 Å². The van der Waals surface area contributed by atoms with Gasteiger partial charge in [-0.25, -0.2) is 4.79 Å². The standard InChI is InChI=1S/C17H16N4O3/c1-21(2)14-9-5-11(6-10-14)15-19-20-17(24-15)18-13-7-3-12(4-8-13)16(22)23/h3-10H,1-2H3,(H,18,20)(H,22,23). The van der Waals surface area contributed by atoms with Crippen LogP contribution in [-0.2, 0) is 0 Å². The molecule has 1 heterocycles. The number of anilines is 3. The lowest BCUT2D eigenvalue weighted by Gasteiger charge is -2.11. The first-order chi connectivity index (χ1) is 11.5. The fourth-order valence-electron chi connectivity index (χ4n) is 2.11. The highest BCUT2D eigenvalue weighted by molar-refractivity contribution is 5.88. The van der Waals surface area contributed by atoms with Gasteiger partial charge in [-0.05, 0) is 48.5 Å². The Hall–Kier alpha value is -3.35. The third kappa shape index (κ3) is 3.35. The molecule has 2 N–H and O–H groups in total. The van der Waals surface area contributed by atoms with Crippen LogP contribution in [0.4, 0.5) is 17.4 Å². The Morgan fingerprint density at radius 1 is 1.04 bits per heavy atom. The zero-order valence-corrected chi connectivity index (χ0v) is 13.2. The Balaban J connectivity index is 1.74. The number of aromatic nitrogens is 2. The van der Waals surface area contributed by atoms with Crippen molar-refractivity contribution in [3.05, 3.63) is 54.1 Å². The molecule has 0 fully saturated rings. The van der Waals surface area contributed by atoms with Gasteiger partial charge in [0.1, 0.15) is 0 Å². The number of nitrogens with zero attached hydrogens (tertiary/aromatic N) is 3. The van der Waals surface area contributed by atoms with Crippen molar-refractivity contribution in [2.24, 2.45) is 0 Å². The van der Waals surface area contributed by atoms with Crippen molar-refractivity contribution in [2.45, 2.75) is 0 Å². The zero-order chi connectivity index (χ0) is 17.1. The molecule has 0 saturated heterocycles. The van der Waals surface area contributed by atoms with Crippen LogP contribution in [0, 0.1) is 0 Å². The summed E-state index contributed by atoms with van der Waals surface area (Å²) in [7, 11) is 3.94. The van der Waals surface area contributed by atoms with E-state index in [1.54, 1.807) is 12.1 Å². The molecular weight excluding hydrogens is 308 g/mol. The monoisotopic (exact) mass is 324 g/mol. The number of carboxylic acid groups (broad SMARTS) is 1. The molecule has 7 heteroatoms. The molecule has 0 radical (unpaired) electrons. The Labute approximate surface area is 138 Å². The van der Waals surface area contributed by atoms with Gasteiger partial charge in [0.2, 0.25) is 5.89 Å². The van der Waals surface area contributed by atoms with E-state index in [0.717, 1.165) is 11.3 Å². The van der Waals surface area contributed by atoms with Crippen LogP contribution in [0.3, 0.4) is 0 Å². The SMILES string of the molecule is CN(C)c1ccc(-c2nnc(Nc3ccc(C(=O)O)cc3)o2)cc1. The highest BCUT2D eigenvalue weighted by atomic mass is 16.4. The van der Waals surface area contributed by atoms with Crippen LogP contribution in [0.25, 0.3) is 11.5 Å².